The molecule has 2 saturated carbocycles. The molecule has 2 aliphatic rings. The van der Waals surface area contributed by atoms with Crippen LogP contribution in [0.3, 0.4) is 0 Å². The van der Waals surface area contributed by atoms with Gasteiger partial charge in [0.25, 0.3) is 0 Å². The summed E-state index contributed by atoms with van der Waals surface area (Å²) in [5, 5.41) is 8.75. The van der Waals surface area contributed by atoms with E-state index in [2.05, 4.69) is 4.72 Å². The van der Waals surface area contributed by atoms with Gasteiger partial charge in [0.2, 0.25) is 10.0 Å². The van der Waals surface area contributed by atoms with Gasteiger partial charge >= 0.3 is 5.97 Å². The molecular weight excluding hydrogens is 326 g/mol. The van der Waals surface area contributed by atoms with Gasteiger partial charge in [0.05, 0.1) is 4.90 Å². The van der Waals surface area contributed by atoms with E-state index in [1.807, 2.05) is 6.07 Å². The van der Waals surface area contributed by atoms with Gasteiger partial charge < -0.3 is 5.11 Å². The van der Waals surface area contributed by atoms with Crippen molar-refractivity contribution in [2.24, 2.45) is 17.8 Å². The lowest BCUT2D eigenvalue weighted by Gasteiger charge is -2.31. The van der Waals surface area contributed by atoms with Crippen LogP contribution in [0, 0.1) is 17.8 Å². The fraction of sp³-hybridized carbons (Fsp3) is 0.611. The maximum Gasteiger partial charge on any atom is 0.303 e. The molecule has 24 heavy (non-hydrogen) atoms. The summed E-state index contributed by atoms with van der Waals surface area (Å²) in [5.41, 5.74) is 0. The number of fused-ring (bicyclic) bond motifs is 2. The summed E-state index contributed by atoms with van der Waals surface area (Å²) in [5.74, 6) is 0.599. The van der Waals surface area contributed by atoms with Gasteiger partial charge in [-0.1, -0.05) is 24.6 Å². The summed E-state index contributed by atoms with van der Waals surface area (Å²) < 4.78 is 28.2. The second kappa shape index (κ2) is 7.23. The highest BCUT2D eigenvalue weighted by Crippen LogP contribution is 2.50. The molecule has 0 saturated heterocycles. The Hall–Kier alpha value is -1.40. The van der Waals surface area contributed by atoms with E-state index >= 15 is 0 Å². The van der Waals surface area contributed by atoms with E-state index in [1.54, 1.807) is 24.3 Å². The standard InChI is InChI=1S/C18H25NO4S/c20-17(21)9-5-4-8-16-13-10-11-14(12-13)18(16)19-24(22,23)15-6-2-1-3-7-15/h1-3,6-7,13-14,16,18-19H,4-5,8-12H2,(H,20,21)/t13-,14+,16+,18+/m0/s1. The van der Waals surface area contributed by atoms with Gasteiger partial charge in [0, 0.05) is 12.5 Å². The van der Waals surface area contributed by atoms with Gasteiger partial charge in [-0.25, -0.2) is 13.1 Å². The molecule has 0 amide bonds. The Balaban J connectivity index is 1.65. The first-order chi connectivity index (χ1) is 11.5. The average molecular weight is 351 g/mol. The summed E-state index contributed by atoms with van der Waals surface area (Å²) in [6.07, 6.45) is 6.00. The van der Waals surface area contributed by atoms with Crippen LogP contribution >= 0.6 is 0 Å². The Kier molecular flexibility index (Phi) is 5.25. The molecule has 2 aliphatic carbocycles. The zero-order valence-corrected chi connectivity index (χ0v) is 14.5. The summed E-state index contributed by atoms with van der Waals surface area (Å²) in [6, 6.07) is 8.52. The molecular formula is C18H25NO4S. The topological polar surface area (TPSA) is 83.5 Å². The largest absolute Gasteiger partial charge is 0.481 e. The molecule has 2 bridgehead atoms. The number of hydrogen-bond acceptors (Lipinski definition) is 3. The quantitative estimate of drug-likeness (QED) is 0.705. The average Bonchev–Trinajstić information content (AvgIpc) is 3.14. The molecule has 2 N–H and O–H groups in total. The first kappa shape index (κ1) is 17.4. The van der Waals surface area contributed by atoms with Crippen molar-refractivity contribution in [1.29, 1.82) is 0 Å². The minimum absolute atomic E-state index is 0.00113. The SMILES string of the molecule is O=C(O)CCCC[C@@H]1[C@H]2CC[C@H](C2)[C@H]1NS(=O)(=O)c1ccccc1. The van der Waals surface area contributed by atoms with Crippen LogP contribution in [0.25, 0.3) is 0 Å². The van der Waals surface area contributed by atoms with Crippen molar-refractivity contribution < 1.29 is 18.3 Å². The number of nitrogens with one attached hydrogen (secondary N) is 1. The predicted octanol–water partition coefficient (Wildman–Crippen LogP) is 3.02. The van der Waals surface area contributed by atoms with Crippen molar-refractivity contribution in [3.8, 4) is 0 Å². The fourth-order valence-electron chi connectivity index (χ4n) is 4.51. The van der Waals surface area contributed by atoms with Crippen LogP contribution in [0.5, 0.6) is 0 Å². The van der Waals surface area contributed by atoms with Gasteiger partial charge in [-0.2, -0.15) is 0 Å². The number of aliphatic carboxylic acids is 1. The molecule has 4 atom stereocenters. The van der Waals surface area contributed by atoms with Crippen LogP contribution in [0.4, 0.5) is 0 Å². The van der Waals surface area contributed by atoms with Crippen molar-refractivity contribution in [3.63, 3.8) is 0 Å². The van der Waals surface area contributed by atoms with Crippen LogP contribution in [0.15, 0.2) is 35.2 Å². The number of rotatable bonds is 8. The van der Waals surface area contributed by atoms with Gasteiger partial charge in [-0.15, -0.1) is 0 Å². The van der Waals surface area contributed by atoms with E-state index in [0.717, 1.165) is 25.7 Å². The maximum absolute atomic E-state index is 12.6. The number of carboxylic acid groups (broad SMARTS) is 1. The lowest BCUT2D eigenvalue weighted by Crippen LogP contribution is -2.43. The molecule has 3 rings (SSSR count). The highest BCUT2D eigenvalue weighted by atomic mass is 32.2. The molecule has 6 heteroatoms. The predicted molar refractivity (Wildman–Crippen MR) is 91.0 cm³/mol. The number of carbonyl (C=O) groups is 1. The Bertz CT molecular complexity index is 674. The van der Waals surface area contributed by atoms with E-state index < -0.39 is 16.0 Å². The minimum Gasteiger partial charge on any atom is -0.481 e. The zero-order chi connectivity index (χ0) is 17.2. The van der Waals surface area contributed by atoms with Crippen LogP contribution in [0.1, 0.15) is 44.9 Å². The molecule has 1 aromatic carbocycles. The lowest BCUT2D eigenvalue weighted by atomic mass is 9.81. The van der Waals surface area contributed by atoms with E-state index in [9.17, 15) is 13.2 Å². The number of benzene rings is 1. The van der Waals surface area contributed by atoms with Crippen LogP contribution in [-0.2, 0) is 14.8 Å². The molecule has 1 aromatic rings. The first-order valence-electron chi connectivity index (χ1n) is 8.76. The van der Waals surface area contributed by atoms with E-state index in [1.165, 1.54) is 6.42 Å². The van der Waals surface area contributed by atoms with Gasteiger partial charge in [0.1, 0.15) is 0 Å². The normalized spacial score (nSPS) is 29.0. The molecule has 0 aliphatic heterocycles. The van der Waals surface area contributed by atoms with Crippen molar-refractivity contribution in [3.05, 3.63) is 30.3 Å². The summed E-state index contributed by atoms with van der Waals surface area (Å²) in [4.78, 5) is 11.0. The Morgan fingerprint density at radius 3 is 2.54 bits per heavy atom. The second-order valence-electron chi connectivity index (χ2n) is 7.10. The van der Waals surface area contributed by atoms with Gasteiger partial charge in [0.15, 0.2) is 0 Å². The third-order valence-electron chi connectivity index (χ3n) is 5.61. The molecule has 132 valence electrons. The fourth-order valence-corrected chi connectivity index (χ4v) is 5.89. The molecule has 0 spiro atoms. The van der Waals surface area contributed by atoms with Gasteiger partial charge in [-0.3, -0.25) is 4.79 Å². The maximum atomic E-state index is 12.6. The summed E-state index contributed by atoms with van der Waals surface area (Å²) in [7, 11) is -3.49. The molecule has 0 aromatic heterocycles. The highest BCUT2D eigenvalue weighted by molar-refractivity contribution is 7.89. The zero-order valence-electron chi connectivity index (χ0n) is 13.7. The Morgan fingerprint density at radius 1 is 1.12 bits per heavy atom. The van der Waals surface area contributed by atoms with Crippen molar-refractivity contribution in [2.75, 3.05) is 0 Å². The Morgan fingerprint density at radius 2 is 1.83 bits per heavy atom. The van der Waals surface area contributed by atoms with E-state index in [0.29, 0.717) is 29.1 Å². The van der Waals surface area contributed by atoms with Crippen LogP contribution in [0.2, 0.25) is 0 Å². The third-order valence-corrected chi connectivity index (χ3v) is 7.09. The van der Waals surface area contributed by atoms with E-state index in [4.69, 9.17) is 5.11 Å². The van der Waals surface area contributed by atoms with Crippen LogP contribution < -0.4 is 4.72 Å². The molecule has 0 unspecified atom stereocenters. The third kappa shape index (κ3) is 3.81. The number of hydrogen-bond donors (Lipinski definition) is 2. The number of sulfonamides is 1. The number of carboxylic acids is 1. The van der Waals surface area contributed by atoms with Crippen LogP contribution in [-0.4, -0.2) is 25.5 Å². The number of unbranched alkanes of at least 4 members (excludes halogenated alkanes) is 1. The highest BCUT2D eigenvalue weighted by Gasteiger charge is 2.48. The molecule has 5 nitrogen and oxygen atoms in total. The monoisotopic (exact) mass is 351 g/mol. The minimum atomic E-state index is -3.49. The molecule has 0 radical (unpaired) electrons. The molecule has 0 heterocycles. The first-order valence-corrected chi connectivity index (χ1v) is 10.2. The summed E-state index contributed by atoms with van der Waals surface area (Å²) in [6.45, 7) is 0. The van der Waals surface area contributed by atoms with Crippen molar-refractivity contribution in [2.45, 2.75) is 55.9 Å². The van der Waals surface area contributed by atoms with E-state index in [-0.39, 0.29) is 12.5 Å². The molecule has 2 fully saturated rings. The summed E-state index contributed by atoms with van der Waals surface area (Å²) >= 11 is 0. The van der Waals surface area contributed by atoms with Gasteiger partial charge in [-0.05, 0) is 62.0 Å². The Labute approximate surface area is 143 Å². The van der Waals surface area contributed by atoms with Crippen molar-refractivity contribution in [1.82, 2.24) is 4.72 Å². The van der Waals surface area contributed by atoms with Crippen molar-refractivity contribution >= 4 is 16.0 Å². The second-order valence-corrected chi connectivity index (χ2v) is 8.81. The smallest absolute Gasteiger partial charge is 0.303 e. The lowest BCUT2D eigenvalue weighted by molar-refractivity contribution is -0.137.